The zero-order valence-corrected chi connectivity index (χ0v) is 10.9. The standard InChI is InChI=1S/C13H25N3O/c1-11(9-14)13(17)16-8-5-12(10-16)15-6-3-2-4-7-15/h11-12H,2-10,14H2,1H3. The van der Waals surface area contributed by atoms with Crippen LogP contribution in [0.3, 0.4) is 0 Å². The molecule has 17 heavy (non-hydrogen) atoms. The van der Waals surface area contributed by atoms with Crippen molar-refractivity contribution in [1.82, 2.24) is 9.80 Å². The number of hydrogen-bond acceptors (Lipinski definition) is 3. The van der Waals surface area contributed by atoms with Crippen LogP contribution >= 0.6 is 0 Å². The fourth-order valence-electron chi connectivity index (χ4n) is 2.94. The Kier molecular flexibility index (Phi) is 4.40. The Labute approximate surface area is 104 Å². The highest BCUT2D eigenvalue weighted by atomic mass is 16.2. The lowest BCUT2D eigenvalue weighted by Crippen LogP contribution is -2.43. The molecular formula is C13H25N3O. The first-order valence-corrected chi connectivity index (χ1v) is 6.95. The molecule has 0 aromatic rings. The highest BCUT2D eigenvalue weighted by Crippen LogP contribution is 2.21. The van der Waals surface area contributed by atoms with Gasteiger partial charge in [0.25, 0.3) is 0 Å². The summed E-state index contributed by atoms with van der Waals surface area (Å²) in [5, 5.41) is 0. The van der Waals surface area contributed by atoms with Crippen LogP contribution in [0.15, 0.2) is 0 Å². The number of carbonyl (C=O) groups excluding carboxylic acids is 1. The minimum atomic E-state index is -0.0184. The summed E-state index contributed by atoms with van der Waals surface area (Å²) in [5.41, 5.74) is 5.56. The third-order valence-electron chi connectivity index (χ3n) is 4.16. The maximum absolute atomic E-state index is 12.0. The number of nitrogens with zero attached hydrogens (tertiary/aromatic N) is 2. The van der Waals surface area contributed by atoms with Crippen LogP contribution in [0.1, 0.15) is 32.6 Å². The molecule has 2 atom stereocenters. The molecule has 2 aliphatic heterocycles. The molecule has 0 bridgehead atoms. The van der Waals surface area contributed by atoms with E-state index in [0.29, 0.717) is 12.6 Å². The predicted molar refractivity (Wildman–Crippen MR) is 68.6 cm³/mol. The molecule has 0 aromatic carbocycles. The molecule has 2 N–H and O–H groups in total. The van der Waals surface area contributed by atoms with Gasteiger partial charge in [-0.05, 0) is 32.4 Å². The summed E-state index contributed by atoms with van der Waals surface area (Å²) in [6.45, 7) is 6.67. The van der Waals surface area contributed by atoms with E-state index in [1.165, 1.54) is 32.4 Å². The monoisotopic (exact) mass is 239 g/mol. The van der Waals surface area contributed by atoms with Gasteiger partial charge in [-0.25, -0.2) is 0 Å². The molecule has 4 nitrogen and oxygen atoms in total. The lowest BCUT2D eigenvalue weighted by atomic mass is 10.1. The highest BCUT2D eigenvalue weighted by molar-refractivity contribution is 5.79. The molecule has 4 heteroatoms. The zero-order valence-electron chi connectivity index (χ0n) is 10.9. The van der Waals surface area contributed by atoms with Crippen molar-refractivity contribution >= 4 is 5.91 Å². The SMILES string of the molecule is CC(CN)C(=O)N1CCC(N2CCCCC2)C1. The number of nitrogens with two attached hydrogens (primary N) is 1. The van der Waals surface area contributed by atoms with Gasteiger partial charge in [0.15, 0.2) is 0 Å². The minimum absolute atomic E-state index is 0.0184. The predicted octanol–water partition coefficient (Wildman–Crippen LogP) is 0.668. The fourth-order valence-corrected chi connectivity index (χ4v) is 2.94. The van der Waals surface area contributed by atoms with Gasteiger partial charge in [0.05, 0.1) is 0 Å². The van der Waals surface area contributed by atoms with E-state index in [0.717, 1.165) is 19.5 Å². The Bertz CT molecular complexity index is 263. The molecule has 0 saturated carbocycles. The molecule has 0 aliphatic carbocycles. The van der Waals surface area contributed by atoms with Crippen molar-refractivity contribution in [2.45, 2.75) is 38.6 Å². The third kappa shape index (κ3) is 2.99. The number of amides is 1. The summed E-state index contributed by atoms with van der Waals surface area (Å²) in [7, 11) is 0. The van der Waals surface area contributed by atoms with Gasteiger partial charge in [-0.2, -0.15) is 0 Å². The Morgan fingerprint density at radius 2 is 2.00 bits per heavy atom. The number of hydrogen-bond donors (Lipinski definition) is 1. The van der Waals surface area contributed by atoms with Crippen molar-refractivity contribution in [2.75, 3.05) is 32.7 Å². The minimum Gasteiger partial charge on any atom is -0.341 e. The van der Waals surface area contributed by atoms with Crippen LogP contribution in [0.5, 0.6) is 0 Å². The largest absolute Gasteiger partial charge is 0.341 e. The van der Waals surface area contributed by atoms with E-state index in [2.05, 4.69) is 4.90 Å². The molecule has 2 saturated heterocycles. The van der Waals surface area contributed by atoms with Crippen molar-refractivity contribution in [2.24, 2.45) is 11.7 Å². The van der Waals surface area contributed by atoms with E-state index in [-0.39, 0.29) is 11.8 Å². The molecule has 1 amide bonds. The Morgan fingerprint density at radius 3 is 2.65 bits per heavy atom. The van der Waals surface area contributed by atoms with Crippen LogP contribution in [0, 0.1) is 5.92 Å². The molecule has 2 fully saturated rings. The maximum Gasteiger partial charge on any atom is 0.226 e. The first-order chi connectivity index (χ1) is 8.22. The van der Waals surface area contributed by atoms with E-state index in [9.17, 15) is 4.79 Å². The smallest absolute Gasteiger partial charge is 0.226 e. The van der Waals surface area contributed by atoms with Gasteiger partial charge < -0.3 is 10.6 Å². The van der Waals surface area contributed by atoms with Gasteiger partial charge in [-0.3, -0.25) is 9.69 Å². The average Bonchev–Trinajstić information content (AvgIpc) is 2.87. The van der Waals surface area contributed by atoms with Crippen molar-refractivity contribution in [1.29, 1.82) is 0 Å². The molecule has 2 heterocycles. The van der Waals surface area contributed by atoms with Gasteiger partial charge in [-0.1, -0.05) is 13.3 Å². The van der Waals surface area contributed by atoms with Crippen molar-refractivity contribution < 1.29 is 4.79 Å². The summed E-state index contributed by atoms with van der Waals surface area (Å²) in [6.07, 6.45) is 5.16. The van der Waals surface area contributed by atoms with Gasteiger partial charge in [0.1, 0.15) is 0 Å². The summed E-state index contributed by atoms with van der Waals surface area (Å²) < 4.78 is 0. The number of carbonyl (C=O) groups is 1. The normalized spacial score (nSPS) is 28.4. The van der Waals surface area contributed by atoms with Crippen molar-refractivity contribution in [3.8, 4) is 0 Å². The summed E-state index contributed by atoms with van der Waals surface area (Å²) >= 11 is 0. The molecule has 2 unspecified atom stereocenters. The van der Waals surface area contributed by atoms with Crippen LogP contribution in [-0.4, -0.2) is 54.5 Å². The fraction of sp³-hybridized carbons (Fsp3) is 0.923. The van der Waals surface area contributed by atoms with Crippen LogP contribution in [0.25, 0.3) is 0 Å². The third-order valence-corrected chi connectivity index (χ3v) is 4.16. The van der Waals surface area contributed by atoms with E-state index < -0.39 is 0 Å². The van der Waals surface area contributed by atoms with Crippen LogP contribution < -0.4 is 5.73 Å². The molecule has 2 rings (SSSR count). The second-order valence-electron chi connectivity index (χ2n) is 5.46. The van der Waals surface area contributed by atoms with E-state index in [4.69, 9.17) is 5.73 Å². The average molecular weight is 239 g/mol. The lowest BCUT2D eigenvalue weighted by Gasteiger charge is -2.32. The summed E-state index contributed by atoms with van der Waals surface area (Å²) in [5.74, 6) is 0.224. The Morgan fingerprint density at radius 1 is 1.29 bits per heavy atom. The molecular weight excluding hydrogens is 214 g/mol. The molecule has 0 aromatic heterocycles. The van der Waals surface area contributed by atoms with Gasteiger partial charge >= 0.3 is 0 Å². The summed E-state index contributed by atoms with van der Waals surface area (Å²) in [6, 6.07) is 0.601. The number of piperidine rings is 1. The van der Waals surface area contributed by atoms with Crippen molar-refractivity contribution in [3.63, 3.8) is 0 Å². The topological polar surface area (TPSA) is 49.6 Å². The van der Waals surface area contributed by atoms with Gasteiger partial charge in [0.2, 0.25) is 5.91 Å². The van der Waals surface area contributed by atoms with Crippen LogP contribution in [-0.2, 0) is 4.79 Å². The number of likely N-dealkylation sites (tertiary alicyclic amines) is 2. The lowest BCUT2D eigenvalue weighted by molar-refractivity contribution is -0.133. The Balaban J connectivity index is 1.84. The molecule has 98 valence electrons. The molecule has 0 radical (unpaired) electrons. The maximum atomic E-state index is 12.0. The zero-order chi connectivity index (χ0) is 12.3. The second kappa shape index (κ2) is 5.83. The molecule has 2 aliphatic rings. The second-order valence-corrected chi connectivity index (χ2v) is 5.46. The van der Waals surface area contributed by atoms with E-state index >= 15 is 0 Å². The van der Waals surface area contributed by atoms with E-state index in [1.54, 1.807) is 0 Å². The first-order valence-electron chi connectivity index (χ1n) is 6.95. The first kappa shape index (κ1) is 12.8. The van der Waals surface area contributed by atoms with Gasteiger partial charge in [-0.15, -0.1) is 0 Å². The van der Waals surface area contributed by atoms with Gasteiger partial charge in [0, 0.05) is 31.6 Å². The quantitative estimate of drug-likeness (QED) is 0.787. The molecule has 0 spiro atoms. The summed E-state index contributed by atoms with van der Waals surface area (Å²) in [4.78, 5) is 16.6. The highest BCUT2D eigenvalue weighted by Gasteiger charge is 2.32. The Hall–Kier alpha value is -0.610. The van der Waals surface area contributed by atoms with Crippen LogP contribution in [0.4, 0.5) is 0 Å². The number of rotatable bonds is 3. The van der Waals surface area contributed by atoms with Crippen LogP contribution in [0.2, 0.25) is 0 Å². The van der Waals surface area contributed by atoms with E-state index in [1.807, 2.05) is 11.8 Å². The van der Waals surface area contributed by atoms with Crippen molar-refractivity contribution in [3.05, 3.63) is 0 Å².